The number of rotatable bonds is 7. The van der Waals surface area contributed by atoms with E-state index in [2.05, 4.69) is 211 Å². The Morgan fingerprint density at radius 3 is 1.58 bits per heavy atom. The van der Waals surface area contributed by atoms with Crippen LogP contribution in [0.25, 0.3) is 43.0 Å². The third-order valence-corrected chi connectivity index (χ3v) is 11.7. The Labute approximate surface area is 313 Å². The van der Waals surface area contributed by atoms with Gasteiger partial charge < -0.3 is 4.90 Å². The van der Waals surface area contributed by atoms with Crippen LogP contribution in [0.5, 0.6) is 0 Å². The smallest absolute Gasteiger partial charge is 0.124 e. The molecule has 250 valence electrons. The summed E-state index contributed by atoms with van der Waals surface area (Å²) < 4.78 is 1.17. The lowest BCUT2D eigenvalue weighted by atomic mass is 9.67. The highest BCUT2D eigenvalue weighted by Crippen LogP contribution is 2.57. The van der Waals surface area contributed by atoms with E-state index in [0.717, 1.165) is 33.1 Å². The Hall–Kier alpha value is -6.55. The van der Waals surface area contributed by atoms with Crippen LogP contribution in [0, 0.1) is 0 Å². The second-order valence-corrected chi connectivity index (χ2v) is 14.6. The molecule has 0 aliphatic heterocycles. The predicted octanol–water partition coefficient (Wildman–Crippen LogP) is 13.5. The second-order valence-electron chi connectivity index (χ2n) is 13.5. The summed E-state index contributed by atoms with van der Waals surface area (Å²) in [4.78, 5) is 7.54. The number of thiazole rings is 1. The molecule has 1 aliphatic carbocycles. The largest absolute Gasteiger partial charge is 0.310 e. The quantitative estimate of drug-likeness (QED) is 0.165. The molecule has 3 heteroatoms. The van der Waals surface area contributed by atoms with Crippen molar-refractivity contribution in [2.24, 2.45) is 0 Å². The van der Waals surface area contributed by atoms with Crippen LogP contribution < -0.4 is 4.90 Å². The van der Waals surface area contributed by atoms with Crippen molar-refractivity contribution in [1.82, 2.24) is 4.98 Å². The first-order valence-corrected chi connectivity index (χ1v) is 18.9. The minimum Gasteiger partial charge on any atom is -0.310 e. The van der Waals surface area contributed by atoms with Gasteiger partial charge in [-0.1, -0.05) is 164 Å². The number of hydrogen-bond donors (Lipinski definition) is 0. The minimum atomic E-state index is -0.489. The van der Waals surface area contributed by atoms with Crippen LogP contribution in [-0.2, 0) is 5.41 Å². The van der Waals surface area contributed by atoms with Gasteiger partial charge in [-0.2, -0.15) is 0 Å². The lowest BCUT2D eigenvalue weighted by molar-refractivity contribution is 0.768. The molecule has 0 saturated carbocycles. The number of anilines is 3. The Morgan fingerprint density at radius 2 is 0.906 bits per heavy atom. The third kappa shape index (κ3) is 5.20. The monoisotopic (exact) mass is 694 g/mol. The number of nitrogens with zero attached hydrogens (tertiary/aromatic N) is 2. The summed E-state index contributed by atoms with van der Waals surface area (Å²) in [6.07, 6.45) is 0. The van der Waals surface area contributed by atoms with Crippen molar-refractivity contribution in [1.29, 1.82) is 0 Å². The summed E-state index contributed by atoms with van der Waals surface area (Å²) in [5, 5.41) is 1.03. The molecule has 9 aromatic rings. The molecule has 0 unspecified atom stereocenters. The zero-order valence-corrected chi connectivity index (χ0v) is 29.7. The maximum atomic E-state index is 5.15. The average Bonchev–Trinajstić information content (AvgIpc) is 3.80. The van der Waals surface area contributed by atoms with Crippen LogP contribution in [0.3, 0.4) is 0 Å². The van der Waals surface area contributed by atoms with Crippen molar-refractivity contribution >= 4 is 38.6 Å². The Morgan fingerprint density at radius 1 is 0.396 bits per heavy atom. The summed E-state index contributed by atoms with van der Waals surface area (Å²) in [6, 6.07) is 74.7. The molecule has 0 atom stereocenters. The van der Waals surface area contributed by atoms with E-state index in [1.54, 1.807) is 11.3 Å². The fourth-order valence-corrected chi connectivity index (χ4v) is 9.16. The van der Waals surface area contributed by atoms with Gasteiger partial charge in [0.1, 0.15) is 5.01 Å². The van der Waals surface area contributed by atoms with Gasteiger partial charge in [0.2, 0.25) is 0 Å². The van der Waals surface area contributed by atoms with Crippen molar-refractivity contribution in [3.8, 4) is 32.8 Å². The van der Waals surface area contributed by atoms with Gasteiger partial charge in [-0.15, -0.1) is 11.3 Å². The maximum absolute atomic E-state index is 5.15. The molecule has 0 bridgehead atoms. The third-order valence-electron chi connectivity index (χ3n) is 10.6. The van der Waals surface area contributed by atoms with E-state index in [1.165, 1.54) is 49.2 Å². The Bertz CT molecular complexity index is 2660. The normalized spacial score (nSPS) is 12.7. The zero-order valence-electron chi connectivity index (χ0n) is 28.9. The van der Waals surface area contributed by atoms with Gasteiger partial charge in [-0.25, -0.2) is 4.98 Å². The van der Waals surface area contributed by atoms with Crippen LogP contribution in [0.2, 0.25) is 0 Å². The molecular weight excluding hydrogens is 661 g/mol. The van der Waals surface area contributed by atoms with E-state index in [4.69, 9.17) is 4.98 Å². The van der Waals surface area contributed by atoms with Crippen LogP contribution >= 0.6 is 11.3 Å². The van der Waals surface area contributed by atoms with Gasteiger partial charge in [0, 0.05) is 22.6 Å². The standard InChI is InChI=1S/C50H34N2S/c1-5-15-35(16-6-1)36-25-27-40(28-26-36)52(42-30-32-48-47(34-42)51-49(53-48)37-17-7-2-8-18-37)41-29-31-44-43-23-13-14-24-45(43)50(46(44)33-41,38-19-9-3-10-20-38)39-21-11-4-12-22-39/h1-34H. The molecule has 2 nitrogen and oxygen atoms in total. The number of fused-ring (bicyclic) bond motifs is 4. The van der Waals surface area contributed by atoms with Crippen LogP contribution in [-0.4, -0.2) is 4.98 Å². The second kappa shape index (κ2) is 12.9. The lowest BCUT2D eigenvalue weighted by Gasteiger charge is -2.35. The predicted molar refractivity (Wildman–Crippen MR) is 222 cm³/mol. The molecule has 0 fully saturated rings. The highest BCUT2D eigenvalue weighted by atomic mass is 32.1. The highest BCUT2D eigenvalue weighted by Gasteiger charge is 2.46. The molecule has 1 heterocycles. The summed E-state index contributed by atoms with van der Waals surface area (Å²) in [5.41, 5.74) is 14.9. The average molecular weight is 695 g/mol. The van der Waals surface area contributed by atoms with E-state index < -0.39 is 5.41 Å². The molecule has 0 N–H and O–H groups in total. The molecule has 0 radical (unpaired) electrons. The maximum Gasteiger partial charge on any atom is 0.124 e. The van der Waals surface area contributed by atoms with Crippen molar-refractivity contribution in [2.75, 3.05) is 4.90 Å². The summed E-state index contributed by atoms with van der Waals surface area (Å²) >= 11 is 1.74. The van der Waals surface area contributed by atoms with E-state index in [9.17, 15) is 0 Å². The topological polar surface area (TPSA) is 16.1 Å². The fraction of sp³-hybridized carbons (Fsp3) is 0.0200. The van der Waals surface area contributed by atoms with Gasteiger partial charge in [0.05, 0.1) is 15.6 Å². The molecule has 1 aromatic heterocycles. The SMILES string of the molecule is c1ccc(-c2ccc(N(c3ccc4c(c3)C(c3ccccc3)(c3ccccc3)c3ccccc3-4)c3ccc4sc(-c5ccccc5)nc4c3)cc2)cc1. The molecule has 0 spiro atoms. The van der Waals surface area contributed by atoms with Crippen LogP contribution in [0.1, 0.15) is 22.3 Å². The van der Waals surface area contributed by atoms with E-state index in [0.29, 0.717) is 0 Å². The van der Waals surface area contributed by atoms with Gasteiger partial charge >= 0.3 is 0 Å². The van der Waals surface area contributed by atoms with E-state index in [-0.39, 0.29) is 0 Å². The van der Waals surface area contributed by atoms with Gasteiger partial charge in [0.25, 0.3) is 0 Å². The first-order chi connectivity index (χ1) is 26.3. The molecule has 0 amide bonds. The number of aromatic nitrogens is 1. The van der Waals surface area contributed by atoms with E-state index >= 15 is 0 Å². The van der Waals surface area contributed by atoms with Crippen LogP contribution in [0.15, 0.2) is 206 Å². The minimum absolute atomic E-state index is 0.489. The van der Waals surface area contributed by atoms with E-state index in [1.807, 2.05) is 0 Å². The van der Waals surface area contributed by atoms with Gasteiger partial charge in [-0.05, 0) is 87.0 Å². The molecule has 53 heavy (non-hydrogen) atoms. The first kappa shape index (κ1) is 31.2. The molecule has 1 aliphatic rings. The molecular formula is C50H34N2S. The summed E-state index contributed by atoms with van der Waals surface area (Å²) in [6.45, 7) is 0. The van der Waals surface area contributed by atoms with Crippen molar-refractivity contribution in [3.05, 3.63) is 229 Å². The van der Waals surface area contributed by atoms with Crippen molar-refractivity contribution in [2.45, 2.75) is 5.41 Å². The Balaban J connectivity index is 1.19. The molecule has 10 rings (SSSR count). The fourth-order valence-electron chi connectivity index (χ4n) is 8.21. The van der Waals surface area contributed by atoms with Gasteiger partial charge in [-0.3, -0.25) is 0 Å². The van der Waals surface area contributed by atoms with Gasteiger partial charge in [0.15, 0.2) is 0 Å². The summed E-state index contributed by atoms with van der Waals surface area (Å²) in [5.74, 6) is 0. The number of benzene rings is 8. The summed E-state index contributed by atoms with van der Waals surface area (Å²) in [7, 11) is 0. The van der Waals surface area contributed by atoms with Crippen LogP contribution in [0.4, 0.5) is 17.1 Å². The lowest BCUT2D eigenvalue weighted by Crippen LogP contribution is -2.28. The molecule has 8 aromatic carbocycles. The Kier molecular flexibility index (Phi) is 7.59. The zero-order chi connectivity index (χ0) is 35.2. The van der Waals surface area contributed by atoms with Crippen molar-refractivity contribution < 1.29 is 0 Å². The first-order valence-electron chi connectivity index (χ1n) is 18.0. The van der Waals surface area contributed by atoms with Crippen molar-refractivity contribution in [3.63, 3.8) is 0 Å². The highest BCUT2D eigenvalue weighted by molar-refractivity contribution is 7.21. The number of hydrogen-bond acceptors (Lipinski definition) is 3. The molecule has 0 saturated heterocycles.